The normalized spacial score (nSPS) is 18.4. The molecule has 0 aliphatic carbocycles. The quantitative estimate of drug-likeness (QED) is 0.576. The molecule has 5 nitrogen and oxygen atoms in total. The number of halogens is 3. The van der Waals surface area contributed by atoms with Gasteiger partial charge in [0.1, 0.15) is 0 Å². The van der Waals surface area contributed by atoms with Crippen molar-refractivity contribution in [3.8, 4) is 0 Å². The average molecular weight is 371 g/mol. The minimum absolute atomic E-state index is 0.0621. The third kappa shape index (κ3) is 3.76. The first-order chi connectivity index (χ1) is 11.8. The number of alkyl halides is 3. The molecule has 0 radical (unpaired) electrons. The van der Waals surface area contributed by atoms with E-state index >= 15 is 0 Å². The summed E-state index contributed by atoms with van der Waals surface area (Å²) in [6.07, 6.45) is -2.80. The molecule has 1 aromatic carbocycles. The van der Waals surface area contributed by atoms with Crippen molar-refractivity contribution < 1.29 is 18.1 Å². The summed E-state index contributed by atoms with van der Waals surface area (Å²) in [4.78, 5) is 16.3. The lowest BCUT2D eigenvalue weighted by molar-refractivity contribution is -0.385. The number of nitro groups is 1. The van der Waals surface area contributed by atoms with E-state index in [2.05, 4.69) is 9.88 Å². The third-order valence-corrected chi connectivity index (χ3v) is 5.33. The first-order valence-electron chi connectivity index (χ1n) is 7.78. The van der Waals surface area contributed by atoms with Crippen LogP contribution in [0, 0.1) is 17.0 Å². The number of aromatic nitrogens is 1. The average Bonchev–Trinajstić information content (AvgIpc) is 3.05. The lowest BCUT2D eigenvalue weighted by Crippen LogP contribution is -2.34. The Kier molecular flexibility index (Phi) is 4.68. The molecule has 1 fully saturated rings. The van der Waals surface area contributed by atoms with Crippen LogP contribution in [0.3, 0.4) is 0 Å². The predicted molar refractivity (Wildman–Crippen MR) is 89.1 cm³/mol. The second-order valence-corrected chi connectivity index (χ2v) is 6.97. The van der Waals surface area contributed by atoms with E-state index < -0.39 is 16.8 Å². The van der Waals surface area contributed by atoms with Crippen molar-refractivity contribution in [2.45, 2.75) is 31.9 Å². The zero-order valence-electron chi connectivity index (χ0n) is 13.4. The number of nitrogens with zero attached hydrogens (tertiary/aromatic N) is 3. The van der Waals surface area contributed by atoms with Gasteiger partial charge in [0.2, 0.25) is 0 Å². The lowest BCUT2D eigenvalue weighted by atomic mass is 9.98. The van der Waals surface area contributed by atoms with E-state index in [0.717, 1.165) is 41.8 Å². The highest BCUT2D eigenvalue weighted by Crippen LogP contribution is 2.36. The highest BCUT2D eigenvalue weighted by atomic mass is 32.1. The number of hydrogen-bond acceptors (Lipinski definition) is 5. The molecule has 2 aromatic rings. The van der Waals surface area contributed by atoms with Crippen LogP contribution in [-0.2, 0) is 6.18 Å². The molecule has 1 saturated heterocycles. The fraction of sp³-hybridized carbons (Fsp3) is 0.438. The molecule has 9 heteroatoms. The van der Waals surface area contributed by atoms with Gasteiger partial charge in [0.05, 0.1) is 9.93 Å². The SMILES string of the molecule is Cc1cc(N2CCCC(c3nc(C(F)(F)F)cs3)C2)ccc1[N+](=O)[O-]. The van der Waals surface area contributed by atoms with E-state index in [4.69, 9.17) is 0 Å². The van der Waals surface area contributed by atoms with Gasteiger partial charge in [0.15, 0.2) is 5.69 Å². The Bertz CT molecular complexity index is 791. The van der Waals surface area contributed by atoms with Crippen LogP contribution in [0.15, 0.2) is 23.6 Å². The van der Waals surface area contributed by atoms with Crippen LogP contribution in [0.1, 0.15) is 35.0 Å². The molecule has 1 aliphatic heterocycles. The smallest absolute Gasteiger partial charge is 0.371 e. The summed E-state index contributed by atoms with van der Waals surface area (Å²) in [5.74, 6) is -0.0645. The van der Waals surface area contributed by atoms with Crippen LogP contribution in [-0.4, -0.2) is 23.0 Å². The van der Waals surface area contributed by atoms with Crippen LogP contribution >= 0.6 is 11.3 Å². The number of anilines is 1. The van der Waals surface area contributed by atoms with E-state index in [1.165, 1.54) is 6.07 Å². The van der Waals surface area contributed by atoms with Crippen molar-refractivity contribution in [3.05, 3.63) is 50.0 Å². The van der Waals surface area contributed by atoms with E-state index in [9.17, 15) is 23.3 Å². The van der Waals surface area contributed by atoms with Gasteiger partial charge >= 0.3 is 6.18 Å². The maximum Gasteiger partial charge on any atom is 0.434 e. The summed E-state index contributed by atoms with van der Waals surface area (Å²) in [5.41, 5.74) is 0.640. The minimum atomic E-state index is -4.42. The lowest BCUT2D eigenvalue weighted by Gasteiger charge is -2.33. The van der Waals surface area contributed by atoms with Gasteiger partial charge in [-0.1, -0.05) is 0 Å². The summed E-state index contributed by atoms with van der Waals surface area (Å²) < 4.78 is 38.2. The molecular formula is C16H16F3N3O2S. The van der Waals surface area contributed by atoms with Gasteiger partial charge < -0.3 is 4.90 Å². The highest BCUT2D eigenvalue weighted by Gasteiger charge is 2.35. The number of nitro benzene ring substituents is 1. The number of thiazole rings is 1. The van der Waals surface area contributed by atoms with Gasteiger partial charge in [-0.25, -0.2) is 4.98 Å². The second kappa shape index (κ2) is 6.62. The van der Waals surface area contributed by atoms with E-state index in [1.807, 2.05) is 0 Å². The molecule has 25 heavy (non-hydrogen) atoms. The molecule has 0 spiro atoms. The van der Waals surface area contributed by atoms with Crippen molar-refractivity contribution in [2.75, 3.05) is 18.0 Å². The number of aryl methyl sites for hydroxylation is 1. The molecule has 0 bridgehead atoms. The van der Waals surface area contributed by atoms with Gasteiger partial charge in [0.25, 0.3) is 5.69 Å². The van der Waals surface area contributed by atoms with Crippen LogP contribution < -0.4 is 4.90 Å². The summed E-state index contributed by atoms with van der Waals surface area (Å²) in [7, 11) is 0. The Labute approximate surface area is 146 Å². The molecule has 1 aliphatic rings. The molecular weight excluding hydrogens is 355 g/mol. The van der Waals surface area contributed by atoms with Gasteiger partial charge in [-0.3, -0.25) is 10.1 Å². The van der Waals surface area contributed by atoms with Gasteiger partial charge in [0, 0.05) is 41.7 Å². The molecule has 1 atom stereocenters. The summed E-state index contributed by atoms with van der Waals surface area (Å²) in [6, 6.07) is 4.92. The number of rotatable bonds is 3. The van der Waals surface area contributed by atoms with Crippen molar-refractivity contribution in [2.24, 2.45) is 0 Å². The Morgan fingerprint density at radius 2 is 2.16 bits per heavy atom. The largest absolute Gasteiger partial charge is 0.434 e. The second-order valence-electron chi connectivity index (χ2n) is 6.08. The Hall–Kier alpha value is -2.16. The maximum absolute atomic E-state index is 12.7. The fourth-order valence-electron chi connectivity index (χ4n) is 3.06. The Balaban J connectivity index is 1.78. The number of hydrogen-bond donors (Lipinski definition) is 0. The molecule has 1 aromatic heterocycles. The van der Waals surface area contributed by atoms with Crippen molar-refractivity contribution in [1.82, 2.24) is 4.98 Å². The first kappa shape index (κ1) is 17.7. The summed E-state index contributed by atoms with van der Waals surface area (Å²) in [6.45, 7) is 3.01. The monoisotopic (exact) mass is 371 g/mol. The predicted octanol–water partition coefficient (Wildman–Crippen LogP) is 4.76. The molecule has 134 valence electrons. The Morgan fingerprint density at radius 1 is 1.40 bits per heavy atom. The van der Waals surface area contributed by atoms with Crippen LogP contribution in [0.25, 0.3) is 0 Å². The van der Waals surface area contributed by atoms with Crippen molar-refractivity contribution in [1.29, 1.82) is 0 Å². The molecule has 3 rings (SSSR count). The Morgan fingerprint density at radius 3 is 2.76 bits per heavy atom. The van der Waals surface area contributed by atoms with E-state index in [1.54, 1.807) is 19.1 Å². The third-order valence-electron chi connectivity index (χ3n) is 4.33. The molecule has 0 saturated carbocycles. The molecule has 2 heterocycles. The maximum atomic E-state index is 12.7. The number of benzene rings is 1. The van der Waals surface area contributed by atoms with E-state index in [-0.39, 0.29) is 11.6 Å². The zero-order chi connectivity index (χ0) is 18.2. The van der Waals surface area contributed by atoms with Gasteiger partial charge in [-0.05, 0) is 31.9 Å². The molecule has 0 N–H and O–H groups in total. The minimum Gasteiger partial charge on any atom is -0.371 e. The van der Waals surface area contributed by atoms with Crippen LogP contribution in [0.4, 0.5) is 24.5 Å². The topological polar surface area (TPSA) is 59.3 Å². The van der Waals surface area contributed by atoms with Crippen LogP contribution in [0.2, 0.25) is 0 Å². The number of piperidine rings is 1. The standard InChI is InChI=1S/C16H16F3N3O2S/c1-10-7-12(4-5-13(10)22(23)24)21-6-2-3-11(8-21)15-20-14(9-25-15)16(17,18)19/h4-5,7,9,11H,2-3,6,8H2,1H3. The summed E-state index contributed by atoms with van der Waals surface area (Å²) >= 11 is 1.04. The van der Waals surface area contributed by atoms with Crippen molar-refractivity contribution >= 4 is 22.7 Å². The van der Waals surface area contributed by atoms with Crippen molar-refractivity contribution in [3.63, 3.8) is 0 Å². The first-order valence-corrected chi connectivity index (χ1v) is 8.66. The summed E-state index contributed by atoms with van der Waals surface area (Å²) in [5, 5.41) is 12.5. The van der Waals surface area contributed by atoms with Gasteiger partial charge in [-0.2, -0.15) is 13.2 Å². The van der Waals surface area contributed by atoms with Gasteiger partial charge in [-0.15, -0.1) is 11.3 Å². The molecule has 0 amide bonds. The highest BCUT2D eigenvalue weighted by molar-refractivity contribution is 7.09. The fourth-order valence-corrected chi connectivity index (χ4v) is 4.01. The molecule has 1 unspecified atom stereocenters. The van der Waals surface area contributed by atoms with Crippen LogP contribution in [0.5, 0.6) is 0 Å². The van der Waals surface area contributed by atoms with E-state index in [0.29, 0.717) is 17.1 Å². The zero-order valence-corrected chi connectivity index (χ0v) is 14.2.